The van der Waals surface area contributed by atoms with Crippen LogP contribution in [0, 0.1) is 0 Å². The lowest BCUT2D eigenvalue weighted by atomic mass is 10.1. The van der Waals surface area contributed by atoms with Crippen LogP contribution in [0.25, 0.3) is 0 Å². The molecule has 2 aromatic carbocycles. The fourth-order valence-corrected chi connectivity index (χ4v) is 2.70. The molecule has 0 saturated heterocycles. The second-order valence-electron chi connectivity index (χ2n) is 5.01. The third kappa shape index (κ3) is 2.61. The van der Waals surface area contributed by atoms with Gasteiger partial charge in [-0.05, 0) is 30.7 Å². The lowest BCUT2D eigenvalue weighted by Crippen LogP contribution is -2.43. The number of carbonyl (C=O) groups excluding carboxylic acids is 1. The van der Waals surface area contributed by atoms with E-state index in [9.17, 15) is 4.79 Å². The Kier molecular flexibility index (Phi) is 3.84. The second kappa shape index (κ2) is 5.78. The van der Waals surface area contributed by atoms with Gasteiger partial charge in [0.05, 0.1) is 22.8 Å². The molecule has 1 aliphatic rings. The first kappa shape index (κ1) is 14.0. The van der Waals surface area contributed by atoms with Crippen molar-refractivity contribution in [2.45, 2.75) is 19.4 Å². The number of nitrogens with zero attached hydrogens (tertiary/aromatic N) is 1. The van der Waals surface area contributed by atoms with Gasteiger partial charge in [0.25, 0.3) is 5.91 Å². The van der Waals surface area contributed by atoms with Gasteiger partial charge < -0.3 is 9.64 Å². The van der Waals surface area contributed by atoms with Crippen molar-refractivity contribution in [1.29, 1.82) is 0 Å². The largest absolute Gasteiger partial charge is 0.486 e. The predicted molar refractivity (Wildman–Crippen MR) is 84.3 cm³/mol. The molecule has 21 heavy (non-hydrogen) atoms. The third-order valence-corrected chi connectivity index (χ3v) is 3.97. The highest BCUT2D eigenvalue weighted by Gasteiger charge is 2.30. The Balaban J connectivity index is 2.01. The van der Waals surface area contributed by atoms with Gasteiger partial charge in [-0.25, -0.2) is 0 Å². The maximum atomic E-state index is 12.8. The average molecular weight is 302 g/mol. The Morgan fingerprint density at radius 1 is 1.24 bits per heavy atom. The van der Waals surface area contributed by atoms with Crippen molar-refractivity contribution < 1.29 is 9.53 Å². The maximum absolute atomic E-state index is 12.8. The van der Waals surface area contributed by atoms with Crippen LogP contribution in [0.2, 0.25) is 5.02 Å². The van der Waals surface area contributed by atoms with Crippen LogP contribution in [0.5, 0.6) is 5.75 Å². The van der Waals surface area contributed by atoms with Crippen molar-refractivity contribution in [3.63, 3.8) is 0 Å². The van der Waals surface area contributed by atoms with Crippen LogP contribution in [0.15, 0.2) is 48.5 Å². The minimum absolute atomic E-state index is 0.00587. The Morgan fingerprint density at radius 3 is 2.71 bits per heavy atom. The number of hydrogen-bond donors (Lipinski definition) is 0. The van der Waals surface area contributed by atoms with Crippen molar-refractivity contribution in [2.24, 2.45) is 0 Å². The highest BCUT2D eigenvalue weighted by molar-refractivity contribution is 6.34. The van der Waals surface area contributed by atoms with E-state index >= 15 is 0 Å². The van der Waals surface area contributed by atoms with Gasteiger partial charge in [0.1, 0.15) is 11.9 Å². The van der Waals surface area contributed by atoms with Crippen molar-refractivity contribution in [2.75, 3.05) is 11.4 Å². The minimum Gasteiger partial charge on any atom is -0.486 e. The molecule has 1 amide bonds. The monoisotopic (exact) mass is 301 g/mol. The SMILES string of the molecule is CCC1CN(C(=O)c2ccccc2Cl)c2ccccc2O1. The molecule has 0 fully saturated rings. The fraction of sp³-hybridized carbons (Fsp3) is 0.235. The summed E-state index contributed by atoms with van der Waals surface area (Å²) in [5.74, 6) is 0.658. The highest BCUT2D eigenvalue weighted by Crippen LogP contribution is 2.35. The molecule has 4 heteroatoms. The fourth-order valence-electron chi connectivity index (χ4n) is 2.48. The van der Waals surface area contributed by atoms with E-state index in [1.54, 1.807) is 17.0 Å². The number of ether oxygens (including phenoxy) is 1. The van der Waals surface area contributed by atoms with Gasteiger partial charge in [-0.1, -0.05) is 42.8 Å². The van der Waals surface area contributed by atoms with Crippen LogP contribution in [0.3, 0.4) is 0 Å². The Bertz CT molecular complexity index is 671. The smallest absolute Gasteiger partial charge is 0.260 e. The van der Waals surface area contributed by atoms with Gasteiger partial charge in [-0.2, -0.15) is 0 Å². The summed E-state index contributed by atoms with van der Waals surface area (Å²) in [4.78, 5) is 14.6. The summed E-state index contributed by atoms with van der Waals surface area (Å²) in [5.41, 5.74) is 1.32. The van der Waals surface area contributed by atoms with Crippen LogP contribution < -0.4 is 9.64 Å². The molecule has 0 bridgehead atoms. The number of para-hydroxylation sites is 2. The van der Waals surface area contributed by atoms with E-state index in [0.717, 1.165) is 17.9 Å². The van der Waals surface area contributed by atoms with E-state index < -0.39 is 0 Å². The molecule has 1 heterocycles. The topological polar surface area (TPSA) is 29.5 Å². The van der Waals surface area contributed by atoms with Crippen LogP contribution in [0.4, 0.5) is 5.69 Å². The zero-order chi connectivity index (χ0) is 14.8. The lowest BCUT2D eigenvalue weighted by molar-refractivity contribution is 0.0954. The predicted octanol–water partition coefficient (Wildman–Crippen LogP) is 4.16. The summed E-state index contributed by atoms with van der Waals surface area (Å²) in [6.07, 6.45) is 0.854. The van der Waals surface area contributed by atoms with Gasteiger partial charge in [0.2, 0.25) is 0 Å². The molecule has 108 valence electrons. The van der Waals surface area contributed by atoms with Gasteiger partial charge in [-0.15, -0.1) is 0 Å². The molecule has 1 atom stereocenters. The molecule has 0 aromatic heterocycles. The molecule has 0 aliphatic carbocycles. The van der Waals surface area contributed by atoms with Crippen molar-refractivity contribution in [3.8, 4) is 5.75 Å². The summed E-state index contributed by atoms with van der Waals surface area (Å²) >= 11 is 6.16. The summed E-state index contributed by atoms with van der Waals surface area (Å²) in [6.45, 7) is 2.59. The number of anilines is 1. The first-order chi connectivity index (χ1) is 10.2. The minimum atomic E-state index is -0.0881. The van der Waals surface area contributed by atoms with E-state index in [-0.39, 0.29) is 12.0 Å². The molecular weight excluding hydrogens is 286 g/mol. The summed E-state index contributed by atoms with van der Waals surface area (Å²) in [5, 5.41) is 0.472. The van der Waals surface area contributed by atoms with Crippen molar-refractivity contribution >= 4 is 23.2 Å². The zero-order valence-corrected chi connectivity index (χ0v) is 12.5. The molecule has 3 rings (SSSR count). The van der Waals surface area contributed by atoms with Crippen LogP contribution in [-0.2, 0) is 0 Å². The molecule has 0 N–H and O–H groups in total. The van der Waals surface area contributed by atoms with Crippen molar-refractivity contribution in [1.82, 2.24) is 0 Å². The summed E-state index contributed by atoms with van der Waals surface area (Å²) < 4.78 is 5.90. The lowest BCUT2D eigenvalue weighted by Gasteiger charge is -2.34. The third-order valence-electron chi connectivity index (χ3n) is 3.64. The van der Waals surface area contributed by atoms with E-state index in [4.69, 9.17) is 16.3 Å². The van der Waals surface area contributed by atoms with Crippen LogP contribution in [-0.4, -0.2) is 18.6 Å². The molecule has 0 saturated carbocycles. The maximum Gasteiger partial charge on any atom is 0.260 e. The number of carbonyl (C=O) groups is 1. The molecule has 1 unspecified atom stereocenters. The summed E-state index contributed by atoms with van der Waals surface area (Å²) in [6, 6.07) is 14.7. The summed E-state index contributed by atoms with van der Waals surface area (Å²) in [7, 11) is 0. The van der Waals surface area contributed by atoms with Gasteiger partial charge in [-0.3, -0.25) is 4.79 Å². The Labute approximate surface area is 129 Å². The second-order valence-corrected chi connectivity index (χ2v) is 5.42. The normalized spacial score (nSPS) is 17.0. The zero-order valence-electron chi connectivity index (χ0n) is 11.8. The molecule has 0 radical (unpaired) electrons. The standard InChI is InChI=1S/C17H16ClNO2/c1-2-12-11-19(15-9-5-6-10-16(15)21-12)17(20)13-7-3-4-8-14(13)18/h3-10,12H,2,11H2,1H3. The number of hydrogen-bond acceptors (Lipinski definition) is 2. The van der Waals surface area contributed by atoms with E-state index in [1.165, 1.54) is 0 Å². The molecule has 0 spiro atoms. The van der Waals surface area contributed by atoms with E-state index in [2.05, 4.69) is 6.92 Å². The molecule has 3 nitrogen and oxygen atoms in total. The first-order valence-corrected chi connectivity index (χ1v) is 7.40. The highest BCUT2D eigenvalue weighted by atomic mass is 35.5. The Morgan fingerprint density at radius 2 is 1.95 bits per heavy atom. The number of benzene rings is 2. The van der Waals surface area contributed by atoms with Gasteiger partial charge in [0.15, 0.2) is 0 Å². The number of halogens is 1. The quantitative estimate of drug-likeness (QED) is 0.833. The van der Waals surface area contributed by atoms with E-state index in [0.29, 0.717) is 17.1 Å². The molecular formula is C17H16ClNO2. The van der Waals surface area contributed by atoms with Crippen LogP contribution in [0.1, 0.15) is 23.7 Å². The number of rotatable bonds is 2. The molecule has 1 aliphatic heterocycles. The number of amides is 1. The first-order valence-electron chi connectivity index (χ1n) is 7.02. The van der Waals surface area contributed by atoms with Crippen LogP contribution >= 0.6 is 11.6 Å². The van der Waals surface area contributed by atoms with Gasteiger partial charge >= 0.3 is 0 Å². The Hall–Kier alpha value is -2.00. The van der Waals surface area contributed by atoms with Gasteiger partial charge in [0, 0.05) is 0 Å². The van der Waals surface area contributed by atoms with E-state index in [1.807, 2.05) is 36.4 Å². The molecule has 2 aromatic rings. The van der Waals surface area contributed by atoms with Crippen molar-refractivity contribution in [3.05, 3.63) is 59.1 Å². The number of fused-ring (bicyclic) bond motifs is 1. The average Bonchev–Trinajstić information content (AvgIpc) is 2.53.